The van der Waals surface area contributed by atoms with E-state index in [1.54, 1.807) is 23.5 Å². The van der Waals surface area contributed by atoms with Crippen LogP contribution >= 0.6 is 11.3 Å². The van der Waals surface area contributed by atoms with Crippen LogP contribution in [0.25, 0.3) is 0 Å². The minimum Gasteiger partial charge on any atom is -0.387 e. The zero-order valence-electron chi connectivity index (χ0n) is 10.7. The highest BCUT2D eigenvalue weighted by atomic mass is 32.1. The van der Waals surface area contributed by atoms with Crippen LogP contribution in [0, 0.1) is 5.82 Å². The Balaban J connectivity index is 1.79. The first-order valence-corrected chi connectivity index (χ1v) is 7.58. The number of hydrogen-bond donors (Lipinski definition) is 1. The van der Waals surface area contributed by atoms with E-state index in [1.807, 2.05) is 6.07 Å². The number of rotatable bonds is 3. The number of aryl methyl sites for hydroxylation is 2. The lowest BCUT2D eigenvalue weighted by Gasteiger charge is -2.09. The third-order valence-corrected chi connectivity index (χ3v) is 5.05. The fourth-order valence-electron chi connectivity index (χ4n) is 2.65. The minimum atomic E-state index is -0.590. The van der Waals surface area contributed by atoms with E-state index < -0.39 is 6.10 Å². The van der Waals surface area contributed by atoms with E-state index in [0.717, 1.165) is 17.7 Å². The van der Waals surface area contributed by atoms with Crippen molar-refractivity contribution in [3.05, 3.63) is 57.0 Å². The highest BCUT2D eigenvalue weighted by Crippen LogP contribution is 2.34. The Morgan fingerprint density at radius 3 is 2.79 bits per heavy atom. The molecule has 100 valence electrons. The van der Waals surface area contributed by atoms with Crippen LogP contribution < -0.4 is 0 Å². The van der Waals surface area contributed by atoms with Crippen molar-refractivity contribution in [2.75, 3.05) is 0 Å². The first-order chi connectivity index (χ1) is 9.24. The van der Waals surface area contributed by atoms with Gasteiger partial charge in [0, 0.05) is 16.2 Å². The normalized spacial score (nSPS) is 16.1. The van der Waals surface area contributed by atoms with Crippen LogP contribution in [0.1, 0.15) is 39.8 Å². The smallest absolute Gasteiger partial charge is 0.126 e. The number of hydrogen-bond acceptors (Lipinski definition) is 2. The second-order valence-corrected chi connectivity index (χ2v) is 6.28. The monoisotopic (exact) mass is 276 g/mol. The molecule has 1 aromatic heterocycles. The molecule has 0 amide bonds. The SMILES string of the molecule is OC(Cc1ccccc1F)c1cc2c(s1)CCCC2. The summed E-state index contributed by atoms with van der Waals surface area (Å²) in [6, 6.07) is 8.79. The molecule has 0 bridgehead atoms. The molecule has 0 radical (unpaired) electrons. The summed E-state index contributed by atoms with van der Waals surface area (Å²) in [5.41, 5.74) is 1.97. The number of thiophene rings is 1. The van der Waals surface area contributed by atoms with E-state index >= 15 is 0 Å². The van der Waals surface area contributed by atoms with Gasteiger partial charge >= 0.3 is 0 Å². The molecule has 1 atom stereocenters. The molecule has 1 aliphatic rings. The molecule has 3 heteroatoms. The average Bonchev–Trinajstić information content (AvgIpc) is 2.85. The Kier molecular flexibility index (Phi) is 3.67. The fourth-order valence-corrected chi connectivity index (χ4v) is 3.89. The Morgan fingerprint density at radius 2 is 2.00 bits per heavy atom. The molecule has 1 aliphatic carbocycles. The van der Waals surface area contributed by atoms with Crippen molar-refractivity contribution >= 4 is 11.3 Å². The van der Waals surface area contributed by atoms with Gasteiger partial charge in [0.2, 0.25) is 0 Å². The third-order valence-electron chi connectivity index (χ3n) is 3.72. The lowest BCUT2D eigenvalue weighted by molar-refractivity contribution is 0.181. The highest BCUT2D eigenvalue weighted by molar-refractivity contribution is 7.12. The lowest BCUT2D eigenvalue weighted by atomic mass is 9.98. The molecule has 0 saturated carbocycles. The van der Waals surface area contributed by atoms with Crippen molar-refractivity contribution in [1.82, 2.24) is 0 Å². The van der Waals surface area contributed by atoms with Crippen LogP contribution in [0.5, 0.6) is 0 Å². The molecule has 3 rings (SSSR count). The molecule has 1 unspecified atom stereocenters. The topological polar surface area (TPSA) is 20.2 Å². The Morgan fingerprint density at radius 1 is 1.21 bits per heavy atom. The maximum atomic E-state index is 13.6. The molecule has 1 aromatic carbocycles. The van der Waals surface area contributed by atoms with Crippen molar-refractivity contribution in [3.63, 3.8) is 0 Å². The van der Waals surface area contributed by atoms with Crippen molar-refractivity contribution in [1.29, 1.82) is 0 Å². The zero-order valence-corrected chi connectivity index (χ0v) is 11.5. The standard InChI is InChI=1S/C16H17FOS/c17-13-7-3-1-5-11(13)9-14(18)16-10-12-6-2-4-8-15(12)19-16/h1,3,5,7,10,14,18H,2,4,6,8-9H2. The van der Waals surface area contributed by atoms with Crippen molar-refractivity contribution in [2.45, 2.75) is 38.2 Å². The van der Waals surface area contributed by atoms with Gasteiger partial charge in [0.15, 0.2) is 0 Å². The van der Waals surface area contributed by atoms with E-state index in [2.05, 4.69) is 6.07 Å². The van der Waals surface area contributed by atoms with Crippen molar-refractivity contribution < 1.29 is 9.50 Å². The summed E-state index contributed by atoms with van der Waals surface area (Å²) in [5, 5.41) is 10.3. The minimum absolute atomic E-state index is 0.233. The number of fused-ring (bicyclic) bond motifs is 1. The molecule has 0 fully saturated rings. The maximum Gasteiger partial charge on any atom is 0.126 e. The molecule has 1 nitrogen and oxygen atoms in total. The van der Waals surface area contributed by atoms with Gasteiger partial charge in [-0.2, -0.15) is 0 Å². The van der Waals surface area contributed by atoms with E-state index in [1.165, 1.54) is 29.3 Å². The van der Waals surface area contributed by atoms with E-state index in [9.17, 15) is 9.50 Å². The number of aliphatic hydroxyl groups is 1. The predicted molar refractivity (Wildman–Crippen MR) is 76.0 cm³/mol. The average molecular weight is 276 g/mol. The van der Waals surface area contributed by atoms with Crippen molar-refractivity contribution in [3.8, 4) is 0 Å². The van der Waals surface area contributed by atoms with Gasteiger partial charge in [0.25, 0.3) is 0 Å². The summed E-state index contributed by atoms with van der Waals surface area (Å²) in [6.07, 6.45) is 4.51. The Labute approximate surface area is 116 Å². The van der Waals surface area contributed by atoms with Crippen LogP contribution in [-0.4, -0.2) is 5.11 Å². The molecular weight excluding hydrogens is 259 g/mol. The summed E-state index contributed by atoms with van der Waals surface area (Å²) in [4.78, 5) is 2.39. The highest BCUT2D eigenvalue weighted by Gasteiger charge is 2.18. The molecule has 1 N–H and O–H groups in total. The van der Waals surface area contributed by atoms with Crippen LogP contribution in [0.3, 0.4) is 0 Å². The zero-order chi connectivity index (χ0) is 13.2. The first kappa shape index (κ1) is 12.8. The summed E-state index contributed by atoms with van der Waals surface area (Å²) in [6.45, 7) is 0. The second kappa shape index (κ2) is 5.43. The molecule has 19 heavy (non-hydrogen) atoms. The van der Waals surface area contributed by atoms with E-state index in [0.29, 0.717) is 12.0 Å². The predicted octanol–water partition coefficient (Wildman–Crippen LogP) is 4.04. The molecule has 2 aromatic rings. The van der Waals surface area contributed by atoms with E-state index in [4.69, 9.17) is 0 Å². The van der Waals surface area contributed by atoms with Gasteiger partial charge in [-0.1, -0.05) is 18.2 Å². The number of halogens is 1. The van der Waals surface area contributed by atoms with E-state index in [-0.39, 0.29) is 5.82 Å². The number of aliphatic hydroxyl groups excluding tert-OH is 1. The molecular formula is C16H17FOS. The summed E-state index contributed by atoms with van der Waals surface area (Å²) < 4.78 is 13.6. The van der Waals surface area contributed by atoms with Crippen LogP contribution in [0.15, 0.2) is 30.3 Å². The maximum absolute atomic E-state index is 13.6. The number of benzene rings is 1. The van der Waals surface area contributed by atoms with Crippen molar-refractivity contribution in [2.24, 2.45) is 0 Å². The van der Waals surface area contributed by atoms with Crippen LogP contribution in [0.4, 0.5) is 4.39 Å². The summed E-state index contributed by atoms with van der Waals surface area (Å²) in [7, 11) is 0. The first-order valence-electron chi connectivity index (χ1n) is 6.77. The van der Waals surface area contributed by atoms with Gasteiger partial charge in [0.1, 0.15) is 5.82 Å². The van der Waals surface area contributed by atoms with Crippen LogP contribution in [0.2, 0.25) is 0 Å². The molecule has 0 spiro atoms. The van der Waals surface area contributed by atoms with Crippen LogP contribution in [-0.2, 0) is 19.3 Å². The Hall–Kier alpha value is -1.19. The van der Waals surface area contributed by atoms with Gasteiger partial charge in [-0.05, 0) is 48.9 Å². The lowest BCUT2D eigenvalue weighted by Crippen LogP contribution is -2.01. The second-order valence-electron chi connectivity index (χ2n) is 5.12. The molecule has 1 heterocycles. The largest absolute Gasteiger partial charge is 0.387 e. The molecule has 0 aliphatic heterocycles. The Bertz CT molecular complexity index is 552. The third kappa shape index (κ3) is 2.72. The van der Waals surface area contributed by atoms with Gasteiger partial charge in [-0.15, -0.1) is 11.3 Å². The quantitative estimate of drug-likeness (QED) is 0.897. The van der Waals surface area contributed by atoms with Gasteiger partial charge in [-0.25, -0.2) is 4.39 Å². The fraction of sp³-hybridized carbons (Fsp3) is 0.375. The summed E-state index contributed by atoms with van der Waals surface area (Å²) >= 11 is 1.70. The summed E-state index contributed by atoms with van der Waals surface area (Å²) in [5.74, 6) is -0.233. The van der Waals surface area contributed by atoms with Gasteiger partial charge < -0.3 is 5.11 Å². The molecule has 0 saturated heterocycles. The van der Waals surface area contributed by atoms with Gasteiger partial charge in [-0.3, -0.25) is 0 Å². The van der Waals surface area contributed by atoms with Gasteiger partial charge in [0.05, 0.1) is 6.10 Å².